The smallest absolute Gasteiger partial charge is 0.239 e. The maximum absolute atomic E-state index is 14.8. The van der Waals surface area contributed by atoms with Gasteiger partial charge in [-0.15, -0.1) is 0 Å². The normalized spacial score (nSPS) is 12.4. The van der Waals surface area contributed by atoms with Crippen LogP contribution >= 0.6 is 0 Å². The Morgan fingerprint density at radius 2 is 2.07 bits per heavy atom. The first-order chi connectivity index (χ1) is 13.2. The number of hydrogen-bond acceptors (Lipinski definition) is 5. The molecule has 0 spiro atoms. The minimum atomic E-state index is -1.81. The van der Waals surface area contributed by atoms with Crippen molar-refractivity contribution in [2.75, 3.05) is 6.61 Å². The van der Waals surface area contributed by atoms with Crippen molar-refractivity contribution in [3.05, 3.63) is 85.2 Å². The van der Waals surface area contributed by atoms with Crippen LogP contribution in [0.3, 0.4) is 0 Å². The monoisotopic (exact) mass is 370 g/mol. The van der Waals surface area contributed by atoms with Gasteiger partial charge in [-0.3, -0.25) is 0 Å². The van der Waals surface area contributed by atoms with E-state index in [1.165, 1.54) is 30.9 Å². The lowest BCUT2D eigenvalue weighted by Crippen LogP contribution is -2.18. The Bertz CT molecular complexity index is 915. The van der Waals surface area contributed by atoms with Gasteiger partial charge >= 0.3 is 0 Å². The Morgan fingerprint density at radius 3 is 2.74 bits per heavy atom. The molecule has 1 heterocycles. The number of nitrogens with zero attached hydrogens (tertiary/aromatic N) is 4. The zero-order valence-electron chi connectivity index (χ0n) is 14.2. The Hall–Kier alpha value is -3.55. The summed E-state index contributed by atoms with van der Waals surface area (Å²) in [5.41, 5.74) is 0.0208. The third-order valence-electron chi connectivity index (χ3n) is 3.45. The number of hydrogen-bond donors (Lipinski definition) is 0. The average molecular weight is 370 g/mol. The second-order valence-electron chi connectivity index (χ2n) is 5.33. The Labute approximate surface area is 154 Å². The van der Waals surface area contributed by atoms with E-state index >= 15 is 0 Å². The highest BCUT2D eigenvalue weighted by Gasteiger charge is 2.22. The molecule has 0 fully saturated rings. The van der Waals surface area contributed by atoms with Crippen LogP contribution in [0, 0.1) is 5.82 Å². The van der Waals surface area contributed by atoms with Gasteiger partial charge in [0.1, 0.15) is 30.7 Å². The largest absolute Gasteiger partial charge is 0.454 e. The summed E-state index contributed by atoms with van der Waals surface area (Å²) in [6.07, 6.45) is 2.03. The lowest BCUT2D eigenvalue weighted by molar-refractivity contribution is 0.168. The molecule has 0 bridgehead atoms. The summed E-state index contributed by atoms with van der Waals surface area (Å²) >= 11 is 0. The molecule has 8 heteroatoms. The molecule has 0 aliphatic rings. The molecule has 0 amide bonds. The van der Waals surface area contributed by atoms with Gasteiger partial charge in [0.25, 0.3) is 0 Å². The summed E-state index contributed by atoms with van der Waals surface area (Å²) in [4.78, 5) is 8.70. The average Bonchev–Trinajstić information content (AvgIpc) is 3.22. The molecule has 0 aliphatic carbocycles. The molecule has 2 aromatic carbocycles. The van der Waals surface area contributed by atoms with E-state index < -0.39 is 12.1 Å². The number of para-hydroxylation sites is 1. The van der Waals surface area contributed by atoms with Crippen LogP contribution in [0.2, 0.25) is 0 Å². The molecule has 6 nitrogen and oxygen atoms in total. The lowest BCUT2D eigenvalue weighted by atomic mass is 10.1. The van der Waals surface area contributed by atoms with Crippen LogP contribution in [0.4, 0.5) is 8.78 Å². The standard InChI is InChI=1S/C19H16F2N4O2/c1-2-10-26-24-18(19(21)25-13-22-12-23-25)14-8-9-17(16(20)11-14)27-15-6-4-3-5-7-15/h2-9,11-13,19H,1,10H2. The van der Waals surface area contributed by atoms with E-state index in [2.05, 4.69) is 21.8 Å². The van der Waals surface area contributed by atoms with E-state index in [4.69, 9.17) is 9.57 Å². The summed E-state index contributed by atoms with van der Waals surface area (Å²) in [6.45, 7) is 3.57. The van der Waals surface area contributed by atoms with Crippen LogP contribution in [0.1, 0.15) is 11.9 Å². The topological polar surface area (TPSA) is 61.5 Å². The fourth-order valence-corrected chi connectivity index (χ4v) is 2.21. The molecule has 1 atom stereocenters. The third-order valence-corrected chi connectivity index (χ3v) is 3.45. The zero-order chi connectivity index (χ0) is 19.1. The molecule has 0 N–H and O–H groups in total. The van der Waals surface area contributed by atoms with Gasteiger partial charge in [0.05, 0.1) is 0 Å². The fraction of sp³-hybridized carbons (Fsp3) is 0.105. The van der Waals surface area contributed by atoms with E-state index in [9.17, 15) is 8.78 Å². The number of halogens is 2. The zero-order valence-corrected chi connectivity index (χ0v) is 14.2. The predicted molar refractivity (Wildman–Crippen MR) is 95.8 cm³/mol. The summed E-state index contributed by atoms with van der Waals surface area (Å²) in [5.74, 6) is -0.177. The van der Waals surface area contributed by atoms with Crippen molar-refractivity contribution >= 4 is 5.71 Å². The van der Waals surface area contributed by atoms with Gasteiger partial charge in [0.15, 0.2) is 11.6 Å². The maximum atomic E-state index is 14.8. The minimum absolute atomic E-state index is 0.00692. The van der Waals surface area contributed by atoms with Gasteiger partial charge in [-0.25, -0.2) is 18.4 Å². The highest BCUT2D eigenvalue weighted by molar-refractivity contribution is 6.02. The number of rotatable bonds is 8. The maximum Gasteiger partial charge on any atom is 0.239 e. The molecule has 1 aromatic heterocycles. The van der Waals surface area contributed by atoms with Crippen molar-refractivity contribution in [1.29, 1.82) is 0 Å². The van der Waals surface area contributed by atoms with Crippen LogP contribution in [-0.2, 0) is 4.84 Å². The molecular weight excluding hydrogens is 354 g/mol. The highest BCUT2D eigenvalue weighted by atomic mass is 19.1. The van der Waals surface area contributed by atoms with E-state index in [1.807, 2.05) is 6.07 Å². The second-order valence-corrected chi connectivity index (χ2v) is 5.33. The van der Waals surface area contributed by atoms with E-state index in [0.29, 0.717) is 5.75 Å². The van der Waals surface area contributed by atoms with Gasteiger partial charge < -0.3 is 9.57 Å². The summed E-state index contributed by atoms with van der Waals surface area (Å²) in [7, 11) is 0. The van der Waals surface area contributed by atoms with Crippen molar-refractivity contribution in [1.82, 2.24) is 14.8 Å². The van der Waals surface area contributed by atoms with Gasteiger partial charge in [0, 0.05) is 5.56 Å². The Morgan fingerprint density at radius 1 is 1.26 bits per heavy atom. The molecular formula is C19H16F2N4O2. The molecule has 0 aliphatic heterocycles. The third kappa shape index (κ3) is 4.55. The molecule has 27 heavy (non-hydrogen) atoms. The van der Waals surface area contributed by atoms with Crippen molar-refractivity contribution in [3.63, 3.8) is 0 Å². The van der Waals surface area contributed by atoms with Crippen LogP contribution in [0.15, 0.2) is 79.0 Å². The quantitative estimate of drug-likeness (QED) is 0.257. The Balaban J connectivity index is 1.89. The van der Waals surface area contributed by atoms with Crippen LogP contribution in [0.25, 0.3) is 0 Å². The predicted octanol–water partition coefficient (Wildman–Crippen LogP) is 4.28. The van der Waals surface area contributed by atoms with Crippen molar-refractivity contribution in [2.24, 2.45) is 5.16 Å². The first-order valence-corrected chi connectivity index (χ1v) is 8.01. The SMILES string of the molecule is C=CCON=C(c1ccc(Oc2ccccc2)c(F)c1)C(F)n1cncn1. The number of ether oxygens (including phenoxy) is 1. The lowest BCUT2D eigenvalue weighted by Gasteiger charge is -2.13. The first-order valence-electron chi connectivity index (χ1n) is 8.01. The molecule has 3 aromatic rings. The van der Waals surface area contributed by atoms with Crippen molar-refractivity contribution in [2.45, 2.75) is 6.30 Å². The van der Waals surface area contributed by atoms with Crippen molar-refractivity contribution in [3.8, 4) is 11.5 Å². The van der Waals surface area contributed by atoms with Crippen LogP contribution in [-0.4, -0.2) is 27.1 Å². The second kappa shape index (κ2) is 8.70. The highest BCUT2D eigenvalue weighted by Crippen LogP contribution is 2.27. The molecule has 0 saturated heterocycles. The van der Waals surface area contributed by atoms with E-state index in [0.717, 1.165) is 10.7 Å². The van der Waals surface area contributed by atoms with Crippen molar-refractivity contribution < 1.29 is 18.4 Å². The minimum Gasteiger partial charge on any atom is -0.454 e. The van der Waals surface area contributed by atoms with Gasteiger partial charge in [-0.2, -0.15) is 5.10 Å². The van der Waals surface area contributed by atoms with Gasteiger partial charge in [-0.1, -0.05) is 36.0 Å². The molecule has 138 valence electrons. The summed E-state index contributed by atoms with van der Waals surface area (Å²) < 4.78 is 35.7. The molecule has 0 saturated carbocycles. The van der Waals surface area contributed by atoms with Gasteiger partial charge in [0.2, 0.25) is 6.30 Å². The molecule has 0 radical (unpaired) electrons. The summed E-state index contributed by atoms with van der Waals surface area (Å²) in [5, 5.41) is 7.51. The van der Waals surface area contributed by atoms with Crippen LogP contribution in [0.5, 0.6) is 11.5 Å². The van der Waals surface area contributed by atoms with E-state index in [-0.39, 0.29) is 23.6 Å². The number of oxime groups is 1. The fourth-order valence-electron chi connectivity index (χ4n) is 2.21. The van der Waals surface area contributed by atoms with E-state index in [1.54, 1.807) is 24.3 Å². The number of aromatic nitrogens is 3. The number of alkyl halides is 1. The van der Waals surface area contributed by atoms with Crippen LogP contribution < -0.4 is 4.74 Å². The first kappa shape index (κ1) is 18.2. The van der Waals surface area contributed by atoms with Gasteiger partial charge in [-0.05, 0) is 30.3 Å². The molecule has 3 rings (SSSR count). The number of benzene rings is 2. The summed E-state index contributed by atoms with van der Waals surface area (Å²) in [6, 6.07) is 12.8. The Kier molecular flexibility index (Phi) is 5.88. The molecule has 1 unspecified atom stereocenters.